The quantitative estimate of drug-likeness (QED) is 0.683. The van der Waals surface area contributed by atoms with E-state index in [1.54, 1.807) is 33.0 Å². The summed E-state index contributed by atoms with van der Waals surface area (Å²) in [5.74, 6) is -0.303. The van der Waals surface area contributed by atoms with E-state index in [-0.39, 0.29) is 18.3 Å². The van der Waals surface area contributed by atoms with Crippen molar-refractivity contribution in [1.29, 1.82) is 0 Å². The number of hydrogen-bond donors (Lipinski definition) is 3. The average Bonchev–Trinajstić information content (AvgIpc) is 2.38. The van der Waals surface area contributed by atoms with Crippen LogP contribution in [0.1, 0.15) is 19.4 Å². The molecule has 1 aromatic rings. The second kappa shape index (κ2) is 9.04. The number of imide groups is 1. The Balaban J connectivity index is 2.42. The minimum Gasteiger partial charge on any atom is -0.435 e. The largest absolute Gasteiger partial charge is 0.435 e. The van der Waals surface area contributed by atoms with Gasteiger partial charge in [0.1, 0.15) is 12.3 Å². The first-order valence-corrected chi connectivity index (χ1v) is 7.21. The summed E-state index contributed by atoms with van der Waals surface area (Å²) in [6.07, 6.45) is 0. The van der Waals surface area contributed by atoms with Crippen LogP contribution in [0.4, 0.5) is 13.6 Å². The maximum atomic E-state index is 12.1. The van der Waals surface area contributed by atoms with Crippen LogP contribution >= 0.6 is 0 Å². The molecule has 0 aliphatic heterocycles. The summed E-state index contributed by atoms with van der Waals surface area (Å²) < 4.78 is 28.4. The fourth-order valence-electron chi connectivity index (χ4n) is 1.94. The number of rotatable bonds is 7. The van der Waals surface area contributed by atoms with Gasteiger partial charge in [-0.25, -0.2) is 4.79 Å². The van der Waals surface area contributed by atoms with Crippen LogP contribution in [0.15, 0.2) is 24.3 Å². The Morgan fingerprint density at radius 3 is 2.35 bits per heavy atom. The SMILES string of the molecule is CC(C)NC(=O)NC(=O)C[NH+](C)Cc1ccc(OC(F)F)cc1. The van der Waals surface area contributed by atoms with Crippen molar-refractivity contribution in [1.82, 2.24) is 10.6 Å². The fraction of sp³-hybridized carbons (Fsp3) is 0.467. The van der Waals surface area contributed by atoms with E-state index in [2.05, 4.69) is 15.4 Å². The minimum atomic E-state index is -2.85. The van der Waals surface area contributed by atoms with E-state index in [4.69, 9.17) is 0 Å². The van der Waals surface area contributed by atoms with Crippen LogP contribution in [0.5, 0.6) is 5.75 Å². The van der Waals surface area contributed by atoms with Crippen molar-refractivity contribution in [2.75, 3.05) is 13.6 Å². The summed E-state index contributed by atoms with van der Waals surface area (Å²) in [6, 6.07) is 5.64. The highest BCUT2D eigenvalue weighted by Gasteiger charge is 2.14. The minimum absolute atomic E-state index is 0.0538. The lowest BCUT2D eigenvalue weighted by Gasteiger charge is -2.14. The summed E-state index contributed by atoms with van der Waals surface area (Å²) >= 11 is 0. The van der Waals surface area contributed by atoms with E-state index in [0.717, 1.165) is 10.5 Å². The third kappa shape index (κ3) is 8.10. The standard InChI is InChI=1S/C15H21F2N3O3/c1-10(2)18-15(22)19-13(21)9-20(3)8-11-4-6-12(7-5-11)23-14(16)17/h4-7,10,14H,8-9H2,1-3H3,(H2,18,19,21,22)/p+1. The lowest BCUT2D eigenvalue weighted by atomic mass is 10.2. The fourth-order valence-corrected chi connectivity index (χ4v) is 1.94. The number of alkyl halides is 2. The summed E-state index contributed by atoms with van der Waals surface area (Å²) in [4.78, 5) is 24.0. The van der Waals surface area contributed by atoms with Gasteiger partial charge in [-0.2, -0.15) is 8.78 Å². The zero-order valence-corrected chi connectivity index (χ0v) is 13.4. The van der Waals surface area contributed by atoms with Gasteiger partial charge >= 0.3 is 12.6 Å². The first-order valence-electron chi connectivity index (χ1n) is 7.21. The number of carbonyl (C=O) groups excluding carboxylic acids is 2. The Bertz CT molecular complexity index is 521. The Hall–Kier alpha value is -2.22. The number of carbonyl (C=O) groups is 2. The smallest absolute Gasteiger partial charge is 0.387 e. The number of likely N-dealkylation sites (N-methyl/N-ethyl adjacent to an activating group) is 1. The van der Waals surface area contributed by atoms with Gasteiger partial charge in [-0.3, -0.25) is 10.1 Å². The molecule has 0 spiro atoms. The van der Waals surface area contributed by atoms with Gasteiger partial charge in [-0.15, -0.1) is 0 Å². The lowest BCUT2D eigenvalue weighted by molar-refractivity contribution is -0.885. The number of quaternary nitrogens is 1. The molecular weight excluding hydrogens is 308 g/mol. The highest BCUT2D eigenvalue weighted by Crippen LogP contribution is 2.14. The van der Waals surface area contributed by atoms with Crippen LogP contribution in [0.2, 0.25) is 0 Å². The van der Waals surface area contributed by atoms with Gasteiger partial charge in [-0.05, 0) is 38.1 Å². The van der Waals surface area contributed by atoms with Crippen molar-refractivity contribution in [3.8, 4) is 5.75 Å². The summed E-state index contributed by atoms with van der Waals surface area (Å²) in [6.45, 7) is 1.36. The van der Waals surface area contributed by atoms with E-state index in [1.165, 1.54) is 12.1 Å². The molecule has 3 amide bonds. The van der Waals surface area contributed by atoms with Gasteiger partial charge in [0.2, 0.25) is 0 Å². The highest BCUT2D eigenvalue weighted by atomic mass is 19.3. The number of hydrogen-bond acceptors (Lipinski definition) is 3. The molecule has 0 saturated heterocycles. The second-order valence-corrected chi connectivity index (χ2v) is 5.51. The molecule has 0 heterocycles. The third-order valence-electron chi connectivity index (χ3n) is 2.79. The number of urea groups is 1. The van der Waals surface area contributed by atoms with Crippen LogP contribution in [0.3, 0.4) is 0 Å². The van der Waals surface area contributed by atoms with Gasteiger partial charge in [0.05, 0.1) is 7.05 Å². The number of halogens is 2. The van der Waals surface area contributed by atoms with Crippen LogP contribution in [0, 0.1) is 0 Å². The molecule has 0 aliphatic rings. The predicted molar refractivity (Wildman–Crippen MR) is 80.3 cm³/mol. The first-order chi connectivity index (χ1) is 10.8. The first kappa shape index (κ1) is 18.8. The molecule has 0 aliphatic carbocycles. The van der Waals surface area contributed by atoms with E-state index in [0.29, 0.717) is 6.54 Å². The van der Waals surface area contributed by atoms with E-state index in [9.17, 15) is 18.4 Å². The van der Waals surface area contributed by atoms with Crippen LogP contribution < -0.4 is 20.3 Å². The summed E-state index contributed by atoms with van der Waals surface area (Å²) in [7, 11) is 1.80. The number of amides is 3. The van der Waals surface area contributed by atoms with Crippen LogP contribution in [-0.4, -0.2) is 38.2 Å². The van der Waals surface area contributed by atoms with Crippen molar-refractivity contribution < 1.29 is 28.0 Å². The molecule has 6 nitrogen and oxygen atoms in total. The maximum Gasteiger partial charge on any atom is 0.387 e. The molecule has 1 rings (SSSR count). The average molecular weight is 330 g/mol. The molecule has 0 fully saturated rings. The van der Waals surface area contributed by atoms with Crippen molar-refractivity contribution in [3.63, 3.8) is 0 Å². The van der Waals surface area contributed by atoms with E-state index >= 15 is 0 Å². The molecule has 3 N–H and O–H groups in total. The monoisotopic (exact) mass is 330 g/mol. The van der Waals surface area contributed by atoms with E-state index in [1.807, 2.05) is 0 Å². The Labute approximate surface area is 133 Å². The topological polar surface area (TPSA) is 71.9 Å². The molecule has 0 saturated carbocycles. The predicted octanol–water partition coefficient (Wildman–Crippen LogP) is 0.537. The number of nitrogens with one attached hydrogen (secondary N) is 3. The number of benzene rings is 1. The van der Waals surface area contributed by atoms with Gasteiger partial charge in [0.15, 0.2) is 6.54 Å². The van der Waals surface area contributed by atoms with Gasteiger partial charge in [0.25, 0.3) is 5.91 Å². The summed E-state index contributed by atoms with van der Waals surface area (Å²) in [5, 5.41) is 4.81. The Morgan fingerprint density at radius 2 is 1.83 bits per heavy atom. The third-order valence-corrected chi connectivity index (χ3v) is 2.79. The zero-order valence-electron chi connectivity index (χ0n) is 13.4. The van der Waals surface area contributed by atoms with Gasteiger partial charge in [0, 0.05) is 11.6 Å². The molecule has 0 radical (unpaired) electrons. The normalized spacial score (nSPS) is 12.1. The van der Waals surface area contributed by atoms with E-state index < -0.39 is 18.5 Å². The van der Waals surface area contributed by atoms with Gasteiger partial charge in [-0.1, -0.05) is 0 Å². The van der Waals surface area contributed by atoms with Crippen LogP contribution in [0.25, 0.3) is 0 Å². The van der Waals surface area contributed by atoms with Crippen molar-refractivity contribution in [2.24, 2.45) is 0 Å². The molecule has 1 unspecified atom stereocenters. The van der Waals surface area contributed by atoms with Crippen LogP contribution in [-0.2, 0) is 11.3 Å². The molecule has 8 heteroatoms. The van der Waals surface area contributed by atoms with Crippen molar-refractivity contribution >= 4 is 11.9 Å². The van der Waals surface area contributed by atoms with Crippen molar-refractivity contribution in [3.05, 3.63) is 29.8 Å². The lowest BCUT2D eigenvalue weighted by Crippen LogP contribution is -3.09. The molecule has 1 aromatic carbocycles. The number of ether oxygens (including phenoxy) is 1. The zero-order chi connectivity index (χ0) is 17.4. The second-order valence-electron chi connectivity index (χ2n) is 5.51. The summed E-state index contributed by atoms with van der Waals surface area (Å²) in [5.41, 5.74) is 0.864. The maximum absolute atomic E-state index is 12.1. The molecule has 0 aromatic heterocycles. The molecule has 128 valence electrons. The molecule has 1 atom stereocenters. The molecular formula is C15H22F2N3O3+. The molecule has 0 bridgehead atoms. The van der Waals surface area contributed by atoms with Gasteiger partial charge < -0.3 is 15.0 Å². The van der Waals surface area contributed by atoms with Crippen molar-refractivity contribution in [2.45, 2.75) is 33.0 Å². The highest BCUT2D eigenvalue weighted by molar-refractivity contribution is 5.94. The Kier molecular flexibility index (Phi) is 7.40. The molecule has 23 heavy (non-hydrogen) atoms. The Morgan fingerprint density at radius 1 is 1.22 bits per heavy atom.